The van der Waals surface area contributed by atoms with E-state index in [9.17, 15) is 0 Å². The highest BCUT2D eigenvalue weighted by Gasteiger charge is 2.18. The normalized spacial score (nSPS) is 12.4. The molecule has 9 aromatic rings. The van der Waals surface area contributed by atoms with Crippen LogP contribution in [0.2, 0.25) is 0 Å². The molecule has 0 aromatic heterocycles. The minimum atomic E-state index is 1.32. The molecule has 9 aromatic carbocycles. The lowest BCUT2D eigenvalue weighted by Crippen LogP contribution is -1.90. The quantitative estimate of drug-likeness (QED) is 0.201. The van der Waals surface area contributed by atoms with Gasteiger partial charge in [0.1, 0.15) is 0 Å². The van der Waals surface area contributed by atoms with Gasteiger partial charge in [0, 0.05) is 0 Å². The summed E-state index contributed by atoms with van der Waals surface area (Å²) in [6.07, 6.45) is 0. The maximum Gasteiger partial charge on any atom is -0.00139 e. The maximum absolute atomic E-state index is 2.33. The summed E-state index contributed by atoms with van der Waals surface area (Å²) in [5, 5.41) is 21.4. The lowest BCUT2D eigenvalue weighted by molar-refractivity contribution is 1.79. The van der Waals surface area contributed by atoms with Gasteiger partial charge in [-0.25, -0.2) is 0 Å². The third-order valence-electron chi connectivity index (χ3n) is 8.35. The smallest absolute Gasteiger partial charge is 0.00139 e. The lowest BCUT2D eigenvalue weighted by Gasteiger charge is -2.19. The molecule has 36 heavy (non-hydrogen) atoms. The van der Waals surface area contributed by atoms with E-state index < -0.39 is 0 Å². The summed E-state index contributed by atoms with van der Waals surface area (Å²) < 4.78 is 0. The molecular formula is C36H20. The first-order valence-corrected chi connectivity index (χ1v) is 12.6. The summed E-state index contributed by atoms with van der Waals surface area (Å²) in [4.78, 5) is 0. The highest BCUT2D eigenvalue weighted by molar-refractivity contribution is 6.43. The van der Waals surface area contributed by atoms with Gasteiger partial charge in [-0.15, -0.1) is 0 Å². The van der Waals surface area contributed by atoms with Crippen LogP contribution in [0.3, 0.4) is 0 Å². The molecule has 0 amide bonds. The maximum atomic E-state index is 2.33. The minimum Gasteiger partial charge on any atom is -0.0616 e. The Morgan fingerprint density at radius 1 is 0.167 bits per heavy atom. The van der Waals surface area contributed by atoms with Gasteiger partial charge in [0.25, 0.3) is 0 Å². The van der Waals surface area contributed by atoms with E-state index in [0.717, 1.165) is 0 Å². The van der Waals surface area contributed by atoms with Crippen LogP contribution in [0.15, 0.2) is 121 Å². The van der Waals surface area contributed by atoms with Crippen LogP contribution >= 0.6 is 0 Å². The first-order chi connectivity index (χ1) is 17.9. The van der Waals surface area contributed by atoms with E-state index in [2.05, 4.69) is 121 Å². The number of rotatable bonds is 0. The Hall–Kier alpha value is -4.68. The first kappa shape index (κ1) is 18.6. The zero-order valence-corrected chi connectivity index (χ0v) is 19.5. The molecule has 0 heterocycles. The van der Waals surface area contributed by atoms with Crippen molar-refractivity contribution in [1.82, 2.24) is 0 Å². The molecule has 164 valence electrons. The molecule has 0 nitrogen and oxygen atoms in total. The molecule has 0 aliphatic heterocycles. The molecule has 0 spiro atoms. The fraction of sp³-hybridized carbons (Fsp3) is 0. The molecule has 0 fully saturated rings. The number of fused-ring (bicyclic) bond motifs is 8. The number of benzene rings is 8. The highest BCUT2D eigenvalue weighted by atomic mass is 14.2. The van der Waals surface area contributed by atoms with E-state index in [4.69, 9.17) is 0 Å². The number of hydrogen-bond donors (Lipinski definition) is 0. The Bertz CT molecular complexity index is 2020. The molecule has 0 heteroatoms. The van der Waals surface area contributed by atoms with Crippen LogP contribution in [0.1, 0.15) is 0 Å². The fourth-order valence-electron chi connectivity index (χ4n) is 6.99. The van der Waals surface area contributed by atoms with Gasteiger partial charge in [0.15, 0.2) is 0 Å². The van der Waals surface area contributed by atoms with E-state index in [-0.39, 0.29) is 0 Å². The Morgan fingerprint density at radius 2 is 0.333 bits per heavy atom. The first-order valence-electron chi connectivity index (χ1n) is 12.6. The van der Waals surface area contributed by atoms with Crippen LogP contribution < -0.4 is 0 Å². The van der Waals surface area contributed by atoms with Crippen molar-refractivity contribution >= 4 is 86.2 Å². The van der Waals surface area contributed by atoms with Gasteiger partial charge in [-0.2, -0.15) is 0 Å². The van der Waals surface area contributed by atoms with Crippen LogP contribution in [0.4, 0.5) is 0 Å². The van der Waals surface area contributed by atoms with Crippen LogP contribution in [0, 0.1) is 0 Å². The predicted octanol–water partition coefficient (Wildman–Crippen LogP) is 10.3. The molecule has 0 atom stereocenters. The van der Waals surface area contributed by atoms with Crippen LogP contribution in [0.5, 0.6) is 0 Å². The van der Waals surface area contributed by atoms with Crippen molar-refractivity contribution < 1.29 is 0 Å². The summed E-state index contributed by atoms with van der Waals surface area (Å²) in [6.45, 7) is 0. The van der Waals surface area contributed by atoms with Crippen molar-refractivity contribution in [1.29, 1.82) is 0 Å². The molecule has 0 saturated heterocycles. The van der Waals surface area contributed by atoms with Crippen molar-refractivity contribution in [2.45, 2.75) is 0 Å². The highest BCUT2D eigenvalue weighted by Crippen LogP contribution is 2.47. The van der Waals surface area contributed by atoms with Crippen molar-refractivity contribution in [3.8, 4) is 0 Å². The molecule has 9 rings (SSSR count). The second kappa shape index (κ2) is 6.50. The van der Waals surface area contributed by atoms with Crippen molar-refractivity contribution in [3.05, 3.63) is 121 Å². The van der Waals surface area contributed by atoms with Crippen LogP contribution in [-0.2, 0) is 0 Å². The third kappa shape index (κ3) is 2.12. The van der Waals surface area contributed by atoms with E-state index >= 15 is 0 Å². The van der Waals surface area contributed by atoms with Gasteiger partial charge in [-0.1, -0.05) is 121 Å². The molecule has 0 aliphatic rings. The minimum absolute atomic E-state index is 1.32. The molecule has 0 bridgehead atoms. The molecule has 0 unspecified atom stereocenters. The SMILES string of the molecule is c1ccc2c(c1)c1cccc3c4cccc5c6ccccc6c6cccc(c7cccc2c7c13)c6c54. The molecular weight excluding hydrogens is 432 g/mol. The zero-order valence-electron chi connectivity index (χ0n) is 19.5. The van der Waals surface area contributed by atoms with Gasteiger partial charge in [0.2, 0.25) is 0 Å². The summed E-state index contributed by atoms with van der Waals surface area (Å²) in [6, 6.07) is 45.3. The van der Waals surface area contributed by atoms with E-state index in [1.54, 1.807) is 0 Å². The van der Waals surface area contributed by atoms with Crippen LogP contribution in [-0.4, -0.2) is 0 Å². The average Bonchev–Trinajstić information content (AvgIpc) is 2.95. The summed E-state index contributed by atoms with van der Waals surface area (Å²) in [7, 11) is 0. The monoisotopic (exact) mass is 452 g/mol. The predicted molar refractivity (Wildman–Crippen MR) is 158 cm³/mol. The standard InChI is InChI=1S/C36H20/c1-2-10-22-21(9-1)25-13-5-17-29-30-19-7-15-27-23-11-3-4-12-24(23)28-16-8-20-32(36(28)35(27)30)31-18-6-14-26(22)34(31)33(25)29/h1-20H. The average molecular weight is 453 g/mol. The zero-order chi connectivity index (χ0) is 23.4. The van der Waals surface area contributed by atoms with E-state index in [1.165, 1.54) is 86.2 Å². The molecule has 0 N–H and O–H groups in total. The lowest BCUT2D eigenvalue weighted by atomic mass is 9.84. The Kier molecular flexibility index (Phi) is 3.36. The van der Waals surface area contributed by atoms with Gasteiger partial charge < -0.3 is 0 Å². The fourth-order valence-corrected chi connectivity index (χ4v) is 6.99. The number of hydrogen-bond acceptors (Lipinski definition) is 0. The van der Waals surface area contributed by atoms with Crippen LogP contribution in [0.25, 0.3) is 86.2 Å². The van der Waals surface area contributed by atoms with Crippen molar-refractivity contribution in [2.24, 2.45) is 0 Å². The Morgan fingerprint density at radius 3 is 0.556 bits per heavy atom. The summed E-state index contributed by atoms with van der Waals surface area (Å²) in [5.74, 6) is 0. The largest absolute Gasteiger partial charge is 0.0616 e. The van der Waals surface area contributed by atoms with Gasteiger partial charge in [0.05, 0.1) is 0 Å². The molecule has 0 aliphatic carbocycles. The topological polar surface area (TPSA) is 0 Å². The van der Waals surface area contributed by atoms with Crippen molar-refractivity contribution in [2.75, 3.05) is 0 Å². The van der Waals surface area contributed by atoms with Gasteiger partial charge >= 0.3 is 0 Å². The second-order valence-corrected chi connectivity index (χ2v) is 10.0. The summed E-state index contributed by atoms with van der Waals surface area (Å²) >= 11 is 0. The summed E-state index contributed by atoms with van der Waals surface area (Å²) in [5.41, 5.74) is 0. The van der Waals surface area contributed by atoms with E-state index in [0.29, 0.717) is 0 Å². The van der Waals surface area contributed by atoms with E-state index in [1.807, 2.05) is 0 Å². The second-order valence-electron chi connectivity index (χ2n) is 10.0. The van der Waals surface area contributed by atoms with Gasteiger partial charge in [-0.05, 0) is 86.2 Å². The van der Waals surface area contributed by atoms with Gasteiger partial charge in [-0.3, -0.25) is 0 Å². The Balaban J connectivity index is 1.80. The third-order valence-corrected chi connectivity index (χ3v) is 8.35. The van der Waals surface area contributed by atoms with Crippen molar-refractivity contribution in [3.63, 3.8) is 0 Å². The molecule has 0 saturated carbocycles. The molecule has 0 radical (unpaired) electrons. The Labute approximate surface area is 207 Å².